The van der Waals surface area contributed by atoms with E-state index in [1.54, 1.807) is 55.3 Å². The highest BCUT2D eigenvalue weighted by Gasteiger charge is 2.31. The minimum absolute atomic E-state index is 0.129. The predicted molar refractivity (Wildman–Crippen MR) is 190 cm³/mol. The third-order valence-corrected chi connectivity index (χ3v) is 8.84. The first-order chi connectivity index (χ1) is 24.5. The third-order valence-electron chi connectivity index (χ3n) is 8.84. The average molecular weight is 708 g/mol. The number of urea groups is 2. The number of rotatable bonds is 7. The molecule has 14 heteroatoms. The zero-order chi connectivity index (χ0) is 36.5. The van der Waals surface area contributed by atoms with Gasteiger partial charge in [-0.1, -0.05) is 6.92 Å². The maximum absolute atomic E-state index is 14.4. The second kappa shape index (κ2) is 17.2. The quantitative estimate of drug-likeness (QED) is 0.228. The van der Waals surface area contributed by atoms with Gasteiger partial charge in [0, 0.05) is 55.8 Å². The summed E-state index contributed by atoms with van der Waals surface area (Å²) < 4.78 is 36.8. The van der Waals surface area contributed by atoms with Crippen LogP contribution in [0.2, 0.25) is 0 Å². The van der Waals surface area contributed by atoms with Gasteiger partial charge >= 0.3 is 12.1 Å². The van der Waals surface area contributed by atoms with Gasteiger partial charge in [0.1, 0.15) is 11.6 Å². The average Bonchev–Trinajstić information content (AvgIpc) is 3.58. The number of ether oxygens (including phenoxy) is 4. The summed E-state index contributed by atoms with van der Waals surface area (Å²) in [5.41, 5.74) is 1.50. The molecule has 2 heterocycles. The van der Waals surface area contributed by atoms with Gasteiger partial charge in [0.2, 0.25) is 6.79 Å². The van der Waals surface area contributed by atoms with Crippen LogP contribution < -0.4 is 30.2 Å². The molecule has 2 aliphatic rings. The third kappa shape index (κ3) is 10.0. The molecule has 0 fully saturated rings. The number of hydrogen-bond acceptors (Lipinski definition) is 8. The Labute approximate surface area is 297 Å². The standard InChI is InChI=1S/C37H46FN5O8/c1-23-19-43(24(2)21-44)35(45)30-17-28(40-36(46)39-27-10-8-26(38)9-11-27)12-14-31(30)51-25(3)7-5-6-16-48-34(23)20-42(4)37(47)41-29-13-15-32-33(18-29)50-22-49-32/h8-15,17-18,23-25,34,44H,5-7,16,19-22H2,1-4H3,(H,41,47)(H2,39,40,46)/t23-,24+,25-,34+/m1/s1. The molecule has 13 nitrogen and oxygen atoms in total. The Morgan fingerprint density at radius 3 is 2.35 bits per heavy atom. The van der Waals surface area contributed by atoms with E-state index in [9.17, 15) is 23.9 Å². The number of halogens is 1. The summed E-state index contributed by atoms with van der Waals surface area (Å²) in [4.78, 5) is 43.5. The largest absolute Gasteiger partial charge is 0.490 e. The number of benzene rings is 3. The Bertz CT molecular complexity index is 1680. The fraction of sp³-hybridized carbons (Fsp3) is 0.432. The fourth-order valence-corrected chi connectivity index (χ4v) is 5.84. The van der Waals surface area contributed by atoms with Crippen LogP contribution >= 0.6 is 0 Å². The molecule has 3 aromatic carbocycles. The SMILES string of the molecule is C[C@@H]1CCCCO[C@@H](CN(C)C(=O)Nc2ccc3c(c2)OCO3)[C@H](C)CN([C@@H](C)CO)C(=O)c2cc(NC(=O)Nc3ccc(F)cc3)ccc2O1. The molecule has 0 unspecified atom stereocenters. The molecule has 0 saturated carbocycles. The zero-order valence-electron chi connectivity index (χ0n) is 29.3. The lowest BCUT2D eigenvalue weighted by atomic mass is 10.0. The van der Waals surface area contributed by atoms with Gasteiger partial charge in [-0.3, -0.25) is 4.79 Å². The molecule has 4 atom stereocenters. The number of amides is 5. The number of aliphatic hydroxyl groups excluding tert-OH is 1. The summed E-state index contributed by atoms with van der Waals surface area (Å²) >= 11 is 0. The smallest absolute Gasteiger partial charge is 0.323 e. The molecule has 0 aliphatic carbocycles. The molecule has 274 valence electrons. The summed E-state index contributed by atoms with van der Waals surface area (Å²) in [6.07, 6.45) is 1.59. The van der Waals surface area contributed by atoms with E-state index in [0.29, 0.717) is 47.3 Å². The van der Waals surface area contributed by atoms with Crippen molar-refractivity contribution in [2.24, 2.45) is 5.92 Å². The summed E-state index contributed by atoms with van der Waals surface area (Å²) in [5, 5.41) is 18.5. The van der Waals surface area contributed by atoms with Crippen LogP contribution in [0.3, 0.4) is 0 Å². The van der Waals surface area contributed by atoms with Crippen LogP contribution in [0.4, 0.5) is 31.0 Å². The fourth-order valence-electron chi connectivity index (χ4n) is 5.84. The number of hydrogen-bond donors (Lipinski definition) is 4. The molecular formula is C37H46FN5O8. The number of carbonyl (C=O) groups excluding carboxylic acids is 3. The number of carbonyl (C=O) groups is 3. The Kier molecular flexibility index (Phi) is 12.6. The Hall–Kier alpha value is -5.08. The van der Waals surface area contributed by atoms with Gasteiger partial charge in [-0.2, -0.15) is 0 Å². The highest BCUT2D eigenvalue weighted by molar-refractivity contribution is 6.02. The molecule has 51 heavy (non-hydrogen) atoms. The van der Waals surface area contributed by atoms with Crippen molar-refractivity contribution >= 4 is 35.0 Å². The van der Waals surface area contributed by atoms with Crippen molar-refractivity contribution in [3.8, 4) is 17.2 Å². The van der Waals surface area contributed by atoms with Crippen molar-refractivity contribution in [3.63, 3.8) is 0 Å². The molecule has 0 aromatic heterocycles. The number of fused-ring (bicyclic) bond motifs is 2. The van der Waals surface area contributed by atoms with Crippen LogP contribution in [-0.2, 0) is 4.74 Å². The van der Waals surface area contributed by atoms with Crippen molar-refractivity contribution in [1.29, 1.82) is 0 Å². The predicted octanol–water partition coefficient (Wildman–Crippen LogP) is 6.16. The van der Waals surface area contributed by atoms with E-state index in [1.165, 1.54) is 29.2 Å². The number of nitrogens with one attached hydrogen (secondary N) is 3. The first-order valence-electron chi connectivity index (χ1n) is 17.1. The van der Waals surface area contributed by atoms with Crippen molar-refractivity contribution in [1.82, 2.24) is 9.80 Å². The van der Waals surface area contributed by atoms with Gasteiger partial charge in [0.25, 0.3) is 5.91 Å². The van der Waals surface area contributed by atoms with Crippen molar-refractivity contribution in [2.45, 2.75) is 58.3 Å². The van der Waals surface area contributed by atoms with Gasteiger partial charge < -0.3 is 49.8 Å². The van der Waals surface area contributed by atoms with Crippen molar-refractivity contribution in [2.75, 3.05) is 56.1 Å². The maximum Gasteiger partial charge on any atom is 0.323 e. The Morgan fingerprint density at radius 1 is 0.941 bits per heavy atom. The van der Waals surface area contributed by atoms with Crippen LogP contribution in [0.25, 0.3) is 0 Å². The maximum atomic E-state index is 14.4. The van der Waals surface area contributed by atoms with E-state index in [1.807, 2.05) is 13.8 Å². The molecule has 3 aromatic rings. The second-order valence-corrected chi connectivity index (χ2v) is 13.0. The topological polar surface area (TPSA) is 151 Å². The van der Waals surface area contributed by atoms with Crippen molar-refractivity contribution < 1.29 is 42.8 Å². The normalized spacial score (nSPS) is 19.9. The molecule has 4 N–H and O–H groups in total. The van der Waals surface area contributed by atoms with E-state index in [0.717, 1.165) is 12.8 Å². The summed E-state index contributed by atoms with van der Waals surface area (Å²) in [7, 11) is 1.68. The highest BCUT2D eigenvalue weighted by atomic mass is 19.1. The van der Waals surface area contributed by atoms with Gasteiger partial charge in [-0.25, -0.2) is 14.0 Å². The van der Waals surface area contributed by atoms with Gasteiger partial charge in [-0.05, 0) is 87.7 Å². The van der Waals surface area contributed by atoms with E-state index in [-0.39, 0.29) is 50.1 Å². The van der Waals surface area contributed by atoms with E-state index >= 15 is 0 Å². The molecule has 0 radical (unpaired) electrons. The van der Waals surface area contributed by atoms with Gasteiger partial charge in [0.05, 0.1) is 30.4 Å². The molecule has 0 spiro atoms. The first-order valence-corrected chi connectivity index (χ1v) is 17.1. The minimum Gasteiger partial charge on any atom is -0.490 e. The molecular weight excluding hydrogens is 661 g/mol. The second-order valence-electron chi connectivity index (χ2n) is 13.0. The van der Waals surface area contributed by atoms with Crippen LogP contribution in [-0.4, -0.2) is 91.3 Å². The highest BCUT2D eigenvalue weighted by Crippen LogP contribution is 2.34. The number of nitrogens with zero attached hydrogens (tertiary/aromatic N) is 2. The van der Waals surface area contributed by atoms with Gasteiger partial charge in [0.15, 0.2) is 11.5 Å². The number of aliphatic hydroxyl groups is 1. The Balaban J connectivity index is 1.34. The Morgan fingerprint density at radius 2 is 1.61 bits per heavy atom. The molecule has 5 rings (SSSR count). The summed E-state index contributed by atoms with van der Waals surface area (Å²) in [6.45, 7) is 6.33. The summed E-state index contributed by atoms with van der Waals surface area (Å²) in [5.74, 6) is 0.422. The van der Waals surface area contributed by atoms with Crippen LogP contribution in [0.15, 0.2) is 60.7 Å². The van der Waals surface area contributed by atoms with E-state index < -0.39 is 29.9 Å². The van der Waals surface area contributed by atoms with Crippen LogP contribution in [0.1, 0.15) is 50.4 Å². The van der Waals surface area contributed by atoms with Crippen LogP contribution in [0.5, 0.6) is 17.2 Å². The first kappa shape index (κ1) is 37.2. The lowest BCUT2D eigenvalue weighted by molar-refractivity contribution is -0.0115. The minimum atomic E-state index is -0.579. The molecule has 5 amide bonds. The van der Waals surface area contributed by atoms with E-state index in [2.05, 4.69) is 16.0 Å². The molecule has 0 saturated heterocycles. The number of anilines is 3. The summed E-state index contributed by atoms with van der Waals surface area (Å²) in [6, 6.07) is 13.9. The van der Waals surface area contributed by atoms with Crippen molar-refractivity contribution in [3.05, 3.63) is 72.0 Å². The zero-order valence-corrected chi connectivity index (χ0v) is 29.3. The number of likely N-dealkylation sites (N-methyl/N-ethyl adjacent to an activating group) is 1. The van der Waals surface area contributed by atoms with E-state index in [4.69, 9.17) is 18.9 Å². The lowest BCUT2D eigenvalue weighted by Crippen LogP contribution is -2.48. The molecule has 0 bridgehead atoms. The monoisotopic (exact) mass is 707 g/mol. The lowest BCUT2D eigenvalue weighted by Gasteiger charge is -2.35. The molecule has 2 aliphatic heterocycles. The van der Waals surface area contributed by atoms with Gasteiger partial charge in [-0.15, -0.1) is 0 Å². The van der Waals surface area contributed by atoms with Crippen LogP contribution in [0, 0.1) is 11.7 Å².